The Labute approximate surface area is 198 Å². The van der Waals surface area contributed by atoms with E-state index >= 15 is 0 Å². The SMILES string of the molecule is O=c1nc(C2CC2)nc(CC2CCC(Oc3cc(N4CCOCC4)cc4nccnc34)CC2)[nH]1. The van der Waals surface area contributed by atoms with Crippen molar-refractivity contribution in [2.45, 2.75) is 57.0 Å². The molecular formula is C25H30N6O3. The topological polar surface area (TPSA) is 106 Å². The summed E-state index contributed by atoms with van der Waals surface area (Å²) in [5.74, 6) is 3.20. The van der Waals surface area contributed by atoms with Crippen molar-refractivity contribution in [1.29, 1.82) is 0 Å². The Balaban J connectivity index is 1.13. The highest BCUT2D eigenvalue weighted by Gasteiger charge is 2.29. The molecule has 3 fully saturated rings. The third-order valence-electron chi connectivity index (χ3n) is 7.13. The number of rotatable bonds is 6. The summed E-state index contributed by atoms with van der Waals surface area (Å²) in [4.78, 5) is 34.9. The van der Waals surface area contributed by atoms with Crippen molar-refractivity contribution < 1.29 is 9.47 Å². The molecule has 3 aliphatic rings. The molecule has 0 amide bonds. The normalized spacial score (nSPS) is 23.2. The van der Waals surface area contributed by atoms with E-state index < -0.39 is 0 Å². The molecule has 9 nitrogen and oxygen atoms in total. The Kier molecular flexibility index (Phi) is 5.86. The van der Waals surface area contributed by atoms with Crippen LogP contribution in [0, 0.1) is 5.92 Å². The highest BCUT2D eigenvalue weighted by molar-refractivity contribution is 5.85. The van der Waals surface area contributed by atoms with Gasteiger partial charge in [0.25, 0.3) is 0 Å². The summed E-state index contributed by atoms with van der Waals surface area (Å²) in [6, 6.07) is 4.20. The van der Waals surface area contributed by atoms with Crippen LogP contribution in [0.15, 0.2) is 29.3 Å². The summed E-state index contributed by atoms with van der Waals surface area (Å²) in [7, 11) is 0. The van der Waals surface area contributed by atoms with Gasteiger partial charge in [0.1, 0.15) is 22.9 Å². The van der Waals surface area contributed by atoms with Crippen molar-refractivity contribution in [1.82, 2.24) is 24.9 Å². The molecule has 2 aromatic heterocycles. The first-order chi connectivity index (χ1) is 16.7. The average Bonchev–Trinajstić information content (AvgIpc) is 3.71. The zero-order valence-electron chi connectivity index (χ0n) is 19.3. The van der Waals surface area contributed by atoms with Crippen molar-refractivity contribution in [3.05, 3.63) is 46.7 Å². The molecule has 2 aliphatic carbocycles. The maximum atomic E-state index is 11.9. The van der Waals surface area contributed by atoms with Gasteiger partial charge in [0, 0.05) is 49.6 Å². The first-order valence-electron chi connectivity index (χ1n) is 12.4. The van der Waals surface area contributed by atoms with Crippen LogP contribution in [0.25, 0.3) is 11.0 Å². The molecule has 6 rings (SSSR count). The number of ether oxygens (including phenoxy) is 2. The lowest BCUT2D eigenvalue weighted by Crippen LogP contribution is -2.36. The van der Waals surface area contributed by atoms with Gasteiger partial charge in [0.15, 0.2) is 0 Å². The van der Waals surface area contributed by atoms with Crippen LogP contribution < -0.4 is 15.3 Å². The van der Waals surface area contributed by atoms with E-state index in [9.17, 15) is 4.79 Å². The van der Waals surface area contributed by atoms with E-state index in [0.717, 1.165) is 105 Å². The number of benzene rings is 1. The largest absolute Gasteiger partial charge is 0.488 e. The molecule has 0 bridgehead atoms. The number of fused-ring (bicyclic) bond motifs is 1. The molecule has 1 aromatic carbocycles. The van der Waals surface area contributed by atoms with E-state index in [4.69, 9.17) is 9.47 Å². The summed E-state index contributed by atoms with van der Waals surface area (Å²) in [5, 5.41) is 0. The molecule has 34 heavy (non-hydrogen) atoms. The molecule has 9 heteroatoms. The fourth-order valence-electron chi connectivity index (χ4n) is 5.10. The molecule has 0 radical (unpaired) electrons. The van der Waals surface area contributed by atoms with E-state index in [1.54, 1.807) is 12.4 Å². The number of H-pyrrole nitrogens is 1. The molecule has 0 spiro atoms. The van der Waals surface area contributed by atoms with E-state index in [2.05, 4.69) is 42.0 Å². The van der Waals surface area contributed by atoms with Crippen LogP contribution in [0.1, 0.15) is 56.1 Å². The molecule has 1 aliphatic heterocycles. The van der Waals surface area contributed by atoms with Crippen LogP contribution in [-0.2, 0) is 11.2 Å². The number of hydrogen-bond acceptors (Lipinski definition) is 8. The van der Waals surface area contributed by atoms with Crippen molar-refractivity contribution in [3.63, 3.8) is 0 Å². The zero-order chi connectivity index (χ0) is 22.9. The van der Waals surface area contributed by atoms with Crippen molar-refractivity contribution >= 4 is 16.7 Å². The van der Waals surface area contributed by atoms with Gasteiger partial charge in [0.05, 0.1) is 24.8 Å². The Hall–Kier alpha value is -3.07. The first-order valence-corrected chi connectivity index (χ1v) is 12.4. The second-order valence-electron chi connectivity index (χ2n) is 9.67. The lowest BCUT2D eigenvalue weighted by atomic mass is 9.85. The molecule has 2 saturated carbocycles. The fourth-order valence-corrected chi connectivity index (χ4v) is 5.10. The van der Waals surface area contributed by atoms with Gasteiger partial charge in [-0.1, -0.05) is 0 Å². The second kappa shape index (κ2) is 9.29. The minimum Gasteiger partial charge on any atom is -0.488 e. The predicted molar refractivity (Wildman–Crippen MR) is 127 cm³/mol. The van der Waals surface area contributed by atoms with E-state index in [-0.39, 0.29) is 11.8 Å². The minimum absolute atomic E-state index is 0.146. The average molecular weight is 463 g/mol. The van der Waals surface area contributed by atoms with E-state index in [0.29, 0.717) is 11.8 Å². The molecule has 0 unspecified atom stereocenters. The molecule has 178 valence electrons. The summed E-state index contributed by atoms with van der Waals surface area (Å²) in [5.41, 5.74) is 2.51. The van der Waals surface area contributed by atoms with Gasteiger partial charge in [-0.2, -0.15) is 4.98 Å². The second-order valence-corrected chi connectivity index (χ2v) is 9.67. The summed E-state index contributed by atoms with van der Waals surface area (Å²) < 4.78 is 12.0. The standard InChI is InChI=1S/C25H30N6O3/c32-25-29-22(28-24(30-25)17-3-4-17)13-16-1-5-19(6-2-16)34-21-15-18(31-9-11-33-12-10-31)14-20-23(21)27-8-7-26-20/h7-8,14-17,19H,1-6,9-13H2,(H,28,29,30,32). The number of nitrogens with one attached hydrogen (secondary N) is 1. The summed E-state index contributed by atoms with van der Waals surface area (Å²) in [6.07, 6.45) is 10.6. The summed E-state index contributed by atoms with van der Waals surface area (Å²) >= 11 is 0. The molecule has 0 atom stereocenters. The van der Waals surface area contributed by atoms with Crippen LogP contribution in [0.2, 0.25) is 0 Å². The van der Waals surface area contributed by atoms with Crippen molar-refractivity contribution in [3.8, 4) is 5.75 Å². The zero-order valence-corrected chi connectivity index (χ0v) is 19.3. The summed E-state index contributed by atoms with van der Waals surface area (Å²) in [6.45, 7) is 3.20. The highest BCUT2D eigenvalue weighted by atomic mass is 16.5. The van der Waals surface area contributed by atoms with Crippen molar-refractivity contribution in [2.75, 3.05) is 31.2 Å². The fraction of sp³-hybridized carbons (Fsp3) is 0.560. The van der Waals surface area contributed by atoms with Gasteiger partial charge in [-0.15, -0.1) is 0 Å². The Morgan fingerprint density at radius 2 is 1.79 bits per heavy atom. The molecule has 3 heterocycles. The highest BCUT2D eigenvalue weighted by Crippen LogP contribution is 2.38. The van der Waals surface area contributed by atoms with E-state index in [1.165, 1.54) is 0 Å². The predicted octanol–water partition coefficient (Wildman–Crippen LogP) is 3.00. The first kappa shape index (κ1) is 21.5. The van der Waals surface area contributed by atoms with Gasteiger partial charge >= 0.3 is 5.69 Å². The van der Waals surface area contributed by atoms with Crippen LogP contribution in [0.4, 0.5) is 5.69 Å². The molecule has 1 N–H and O–H groups in total. The minimum atomic E-state index is -0.267. The quantitative estimate of drug-likeness (QED) is 0.596. The number of morpholine rings is 1. The lowest BCUT2D eigenvalue weighted by molar-refractivity contribution is 0.122. The Bertz CT molecular complexity index is 1210. The van der Waals surface area contributed by atoms with Gasteiger partial charge in [-0.3, -0.25) is 9.97 Å². The van der Waals surface area contributed by atoms with Crippen LogP contribution in [0.5, 0.6) is 5.75 Å². The third kappa shape index (κ3) is 4.75. The van der Waals surface area contributed by atoms with Gasteiger partial charge < -0.3 is 14.4 Å². The number of anilines is 1. The van der Waals surface area contributed by atoms with Gasteiger partial charge in [-0.05, 0) is 50.5 Å². The number of aromatic nitrogens is 5. The maximum absolute atomic E-state index is 11.9. The van der Waals surface area contributed by atoms with E-state index in [1.807, 2.05) is 0 Å². The third-order valence-corrected chi connectivity index (χ3v) is 7.13. The van der Waals surface area contributed by atoms with Crippen LogP contribution in [0.3, 0.4) is 0 Å². The lowest BCUT2D eigenvalue weighted by Gasteiger charge is -2.31. The van der Waals surface area contributed by atoms with Crippen LogP contribution in [-0.4, -0.2) is 57.3 Å². The number of hydrogen-bond donors (Lipinski definition) is 1. The molecular weight excluding hydrogens is 432 g/mol. The monoisotopic (exact) mass is 462 g/mol. The molecule has 1 saturated heterocycles. The Morgan fingerprint density at radius 1 is 1.00 bits per heavy atom. The number of aromatic amines is 1. The maximum Gasteiger partial charge on any atom is 0.348 e. The van der Waals surface area contributed by atoms with Crippen LogP contribution >= 0.6 is 0 Å². The van der Waals surface area contributed by atoms with Gasteiger partial charge in [0.2, 0.25) is 0 Å². The smallest absolute Gasteiger partial charge is 0.348 e. The van der Waals surface area contributed by atoms with Gasteiger partial charge in [-0.25, -0.2) is 14.8 Å². The van der Waals surface area contributed by atoms with Crippen molar-refractivity contribution in [2.24, 2.45) is 5.92 Å². The number of nitrogens with zero attached hydrogens (tertiary/aromatic N) is 5. The Morgan fingerprint density at radius 3 is 2.59 bits per heavy atom. The molecule has 3 aromatic rings.